The number of benzene rings is 1. The van der Waals surface area contributed by atoms with Crippen molar-refractivity contribution in [1.82, 2.24) is 9.55 Å². The first kappa shape index (κ1) is 14.3. The monoisotopic (exact) mass is 272 g/mol. The summed E-state index contributed by atoms with van der Waals surface area (Å²) in [5.41, 5.74) is 2.72. The van der Waals surface area contributed by atoms with Crippen LogP contribution in [0.2, 0.25) is 0 Å². The Morgan fingerprint density at radius 3 is 2.65 bits per heavy atom. The van der Waals surface area contributed by atoms with Crippen molar-refractivity contribution in [2.45, 2.75) is 39.2 Å². The molecule has 0 saturated heterocycles. The molecule has 0 spiro atoms. The standard InChI is InChI=1S/C16H20N2O2/c1-11(15(19)20)12-6-5-7-13(8-12)14-9-17-10-18(14)16(2,3)4/h5-11H,1-4H3,(H,19,20). The van der Waals surface area contributed by atoms with E-state index in [9.17, 15) is 4.79 Å². The molecule has 0 amide bonds. The van der Waals surface area contributed by atoms with Gasteiger partial charge >= 0.3 is 5.97 Å². The molecule has 1 aromatic carbocycles. The summed E-state index contributed by atoms with van der Waals surface area (Å²) in [4.78, 5) is 15.3. The number of imidazole rings is 1. The molecule has 20 heavy (non-hydrogen) atoms. The molecule has 0 aliphatic carbocycles. The van der Waals surface area contributed by atoms with Crippen LogP contribution in [0.1, 0.15) is 39.2 Å². The van der Waals surface area contributed by atoms with Gasteiger partial charge in [0, 0.05) is 11.1 Å². The highest BCUT2D eigenvalue weighted by Crippen LogP contribution is 2.28. The molecule has 0 saturated carbocycles. The van der Waals surface area contributed by atoms with E-state index in [2.05, 4.69) is 30.3 Å². The summed E-state index contributed by atoms with van der Waals surface area (Å²) in [6.45, 7) is 8.04. The van der Waals surface area contributed by atoms with Crippen molar-refractivity contribution in [2.24, 2.45) is 0 Å². The van der Waals surface area contributed by atoms with Crippen molar-refractivity contribution >= 4 is 5.97 Å². The van der Waals surface area contributed by atoms with E-state index in [1.54, 1.807) is 6.92 Å². The lowest BCUT2D eigenvalue weighted by atomic mass is 9.98. The fraction of sp³-hybridized carbons (Fsp3) is 0.375. The van der Waals surface area contributed by atoms with Gasteiger partial charge in [0.25, 0.3) is 0 Å². The first-order valence-electron chi connectivity index (χ1n) is 6.66. The van der Waals surface area contributed by atoms with Crippen LogP contribution in [0.3, 0.4) is 0 Å². The predicted octanol–water partition coefficient (Wildman–Crippen LogP) is 3.49. The number of rotatable bonds is 3. The van der Waals surface area contributed by atoms with Crippen LogP contribution in [-0.2, 0) is 10.3 Å². The van der Waals surface area contributed by atoms with Crippen LogP contribution in [0.5, 0.6) is 0 Å². The Balaban J connectivity index is 2.47. The van der Waals surface area contributed by atoms with Gasteiger partial charge in [-0.1, -0.05) is 18.2 Å². The van der Waals surface area contributed by atoms with Crippen molar-refractivity contribution in [3.63, 3.8) is 0 Å². The van der Waals surface area contributed by atoms with E-state index in [-0.39, 0.29) is 5.54 Å². The number of nitrogens with zero attached hydrogens (tertiary/aromatic N) is 2. The van der Waals surface area contributed by atoms with Gasteiger partial charge in [-0.2, -0.15) is 0 Å². The molecular formula is C16H20N2O2. The Kier molecular flexibility index (Phi) is 3.66. The summed E-state index contributed by atoms with van der Waals surface area (Å²) in [7, 11) is 0. The Morgan fingerprint density at radius 2 is 2.05 bits per heavy atom. The number of hydrogen-bond acceptors (Lipinski definition) is 2. The molecule has 4 nitrogen and oxygen atoms in total. The van der Waals surface area contributed by atoms with Crippen LogP contribution in [-0.4, -0.2) is 20.6 Å². The summed E-state index contributed by atoms with van der Waals surface area (Å²) >= 11 is 0. The first-order chi connectivity index (χ1) is 9.30. The van der Waals surface area contributed by atoms with Crippen LogP contribution in [0.15, 0.2) is 36.8 Å². The second-order valence-corrected chi connectivity index (χ2v) is 6.01. The largest absolute Gasteiger partial charge is 0.481 e. The van der Waals surface area contributed by atoms with E-state index in [0.29, 0.717) is 0 Å². The van der Waals surface area contributed by atoms with Gasteiger partial charge in [0.1, 0.15) is 0 Å². The Bertz CT molecular complexity index is 623. The molecule has 0 bridgehead atoms. The smallest absolute Gasteiger partial charge is 0.310 e. The zero-order valence-electron chi connectivity index (χ0n) is 12.3. The molecule has 1 atom stereocenters. The van der Waals surface area contributed by atoms with Crippen LogP contribution >= 0.6 is 0 Å². The van der Waals surface area contributed by atoms with Gasteiger partial charge < -0.3 is 9.67 Å². The predicted molar refractivity (Wildman–Crippen MR) is 78.7 cm³/mol. The molecule has 4 heteroatoms. The lowest BCUT2D eigenvalue weighted by Gasteiger charge is -2.24. The number of aromatic nitrogens is 2. The maximum absolute atomic E-state index is 11.1. The summed E-state index contributed by atoms with van der Waals surface area (Å²) in [6.07, 6.45) is 3.62. The van der Waals surface area contributed by atoms with E-state index >= 15 is 0 Å². The highest BCUT2D eigenvalue weighted by atomic mass is 16.4. The van der Waals surface area contributed by atoms with Gasteiger partial charge in [-0.05, 0) is 39.3 Å². The lowest BCUT2D eigenvalue weighted by Crippen LogP contribution is -2.21. The SMILES string of the molecule is CC(C(=O)O)c1cccc(-c2cncn2C(C)(C)C)c1. The summed E-state index contributed by atoms with van der Waals surface area (Å²) in [6, 6.07) is 7.65. The van der Waals surface area contributed by atoms with E-state index in [0.717, 1.165) is 16.8 Å². The Hall–Kier alpha value is -2.10. The number of hydrogen-bond donors (Lipinski definition) is 1. The maximum Gasteiger partial charge on any atom is 0.310 e. The molecular weight excluding hydrogens is 252 g/mol. The number of aliphatic carboxylic acids is 1. The highest BCUT2D eigenvalue weighted by molar-refractivity contribution is 5.76. The molecule has 0 fully saturated rings. The lowest BCUT2D eigenvalue weighted by molar-refractivity contribution is -0.138. The number of carbonyl (C=O) groups is 1. The third-order valence-corrected chi connectivity index (χ3v) is 3.41. The fourth-order valence-electron chi connectivity index (χ4n) is 2.15. The van der Waals surface area contributed by atoms with Gasteiger partial charge in [-0.3, -0.25) is 4.79 Å². The third-order valence-electron chi connectivity index (χ3n) is 3.41. The number of carboxylic acids is 1. The highest BCUT2D eigenvalue weighted by Gasteiger charge is 2.19. The molecule has 0 aliphatic rings. The van der Waals surface area contributed by atoms with Crippen molar-refractivity contribution in [3.05, 3.63) is 42.4 Å². The molecule has 1 aromatic heterocycles. The molecule has 1 N–H and O–H groups in total. The average Bonchev–Trinajstić information content (AvgIpc) is 2.87. The Labute approximate surface area is 119 Å². The van der Waals surface area contributed by atoms with E-state index in [4.69, 9.17) is 5.11 Å². The minimum absolute atomic E-state index is 0.0692. The first-order valence-corrected chi connectivity index (χ1v) is 6.66. The van der Waals surface area contributed by atoms with Crippen LogP contribution in [0.4, 0.5) is 0 Å². The van der Waals surface area contributed by atoms with Crippen molar-refractivity contribution < 1.29 is 9.90 Å². The van der Waals surface area contributed by atoms with Gasteiger partial charge in [-0.25, -0.2) is 4.98 Å². The minimum Gasteiger partial charge on any atom is -0.481 e. The quantitative estimate of drug-likeness (QED) is 0.930. The fourth-order valence-corrected chi connectivity index (χ4v) is 2.15. The van der Waals surface area contributed by atoms with Crippen molar-refractivity contribution in [1.29, 1.82) is 0 Å². The van der Waals surface area contributed by atoms with Gasteiger partial charge in [0.05, 0.1) is 24.1 Å². The molecule has 1 unspecified atom stereocenters. The summed E-state index contributed by atoms with van der Waals surface area (Å²) < 4.78 is 2.09. The summed E-state index contributed by atoms with van der Waals surface area (Å²) in [5, 5.41) is 9.12. The molecule has 2 rings (SSSR count). The molecule has 1 heterocycles. The van der Waals surface area contributed by atoms with E-state index < -0.39 is 11.9 Å². The molecule has 2 aromatic rings. The van der Waals surface area contributed by atoms with Gasteiger partial charge in [0.15, 0.2) is 0 Å². The van der Waals surface area contributed by atoms with E-state index in [1.807, 2.05) is 36.8 Å². The van der Waals surface area contributed by atoms with Crippen molar-refractivity contribution in [2.75, 3.05) is 0 Å². The van der Waals surface area contributed by atoms with Gasteiger partial charge in [0.2, 0.25) is 0 Å². The normalized spacial score (nSPS) is 13.2. The average molecular weight is 272 g/mol. The van der Waals surface area contributed by atoms with Crippen LogP contribution in [0, 0.1) is 0 Å². The second kappa shape index (κ2) is 5.12. The number of carboxylic acid groups (broad SMARTS) is 1. The summed E-state index contributed by atoms with van der Waals surface area (Å²) in [5.74, 6) is -1.33. The molecule has 0 radical (unpaired) electrons. The van der Waals surface area contributed by atoms with Crippen LogP contribution < -0.4 is 0 Å². The third kappa shape index (κ3) is 2.74. The zero-order valence-corrected chi connectivity index (χ0v) is 12.3. The maximum atomic E-state index is 11.1. The molecule has 0 aliphatic heterocycles. The topological polar surface area (TPSA) is 55.1 Å². The second-order valence-electron chi connectivity index (χ2n) is 6.01. The van der Waals surface area contributed by atoms with Crippen molar-refractivity contribution in [3.8, 4) is 11.3 Å². The van der Waals surface area contributed by atoms with Gasteiger partial charge in [-0.15, -0.1) is 0 Å². The molecule has 106 valence electrons. The van der Waals surface area contributed by atoms with E-state index in [1.165, 1.54) is 0 Å². The zero-order chi connectivity index (χ0) is 14.9. The minimum atomic E-state index is -0.813. The van der Waals surface area contributed by atoms with Crippen LogP contribution in [0.25, 0.3) is 11.3 Å². The Morgan fingerprint density at radius 1 is 1.35 bits per heavy atom.